The summed E-state index contributed by atoms with van der Waals surface area (Å²) in [6.45, 7) is 4.87. The number of fused-ring (bicyclic) bond motifs is 1. The molecule has 1 saturated heterocycles. The summed E-state index contributed by atoms with van der Waals surface area (Å²) in [6, 6.07) is 2.75. The Morgan fingerprint density at radius 1 is 1.41 bits per heavy atom. The highest BCUT2D eigenvalue weighted by Gasteiger charge is 2.61. The Kier molecular flexibility index (Phi) is 3.59. The summed E-state index contributed by atoms with van der Waals surface area (Å²) in [5, 5.41) is 2.51. The van der Waals surface area contributed by atoms with Crippen LogP contribution in [0.4, 0.5) is 19.3 Å². The predicted octanol–water partition coefficient (Wildman–Crippen LogP) is 3.24. The third kappa shape index (κ3) is 2.26. The van der Waals surface area contributed by atoms with Gasteiger partial charge in [0, 0.05) is 37.1 Å². The van der Waals surface area contributed by atoms with Crippen LogP contribution in [0.5, 0.6) is 0 Å². The van der Waals surface area contributed by atoms with E-state index in [1.807, 2.05) is 0 Å². The van der Waals surface area contributed by atoms with Crippen LogP contribution in [-0.2, 0) is 4.74 Å². The number of ether oxygens (including phenoxy) is 1. The van der Waals surface area contributed by atoms with E-state index in [-0.39, 0.29) is 23.2 Å². The van der Waals surface area contributed by atoms with Crippen LogP contribution in [0.2, 0.25) is 0 Å². The minimum absolute atomic E-state index is 0.0189. The molecule has 0 unspecified atom stereocenters. The zero-order chi connectivity index (χ0) is 16.1. The molecule has 1 N–H and O–H groups in total. The lowest BCUT2D eigenvalue weighted by atomic mass is 9.57. The van der Waals surface area contributed by atoms with Crippen molar-refractivity contribution in [2.45, 2.75) is 32.4 Å². The number of halogens is 2. The van der Waals surface area contributed by atoms with Crippen LogP contribution in [0, 0.1) is 23.0 Å². The van der Waals surface area contributed by atoms with E-state index in [4.69, 9.17) is 4.74 Å². The molecule has 1 aliphatic carbocycles. The summed E-state index contributed by atoms with van der Waals surface area (Å²) in [4.78, 5) is 14.0. The smallest absolute Gasteiger partial charge is 0.321 e. The van der Waals surface area contributed by atoms with E-state index in [0.717, 1.165) is 25.2 Å². The first kappa shape index (κ1) is 15.2. The highest BCUT2D eigenvalue weighted by atomic mass is 19.1. The first-order valence-electron chi connectivity index (χ1n) is 7.43. The number of nitrogens with zero attached hydrogens (tertiary/aromatic N) is 1. The van der Waals surface area contributed by atoms with Gasteiger partial charge in [-0.3, -0.25) is 0 Å². The maximum atomic E-state index is 13.6. The quantitative estimate of drug-likeness (QED) is 0.911. The zero-order valence-corrected chi connectivity index (χ0v) is 12.9. The molecule has 3 rings (SSSR count). The van der Waals surface area contributed by atoms with Gasteiger partial charge in [-0.25, -0.2) is 13.6 Å². The topological polar surface area (TPSA) is 41.6 Å². The first-order valence-corrected chi connectivity index (χ1v) is 7.43. The number of amides is 2. The second kappa shape index (κ2) is 5.19. The van der Waals surface area contributed by atoms with E-state index < -0.39 is 17.7 Å². The summed E-state index contributed by atoms with van der Waals surface area (Å²) in [5.41, 5.74) is -0.149. The number of carbonyl (C=O) groups is 1. The number of urea groups is 1. The molecule has 1 saturated carbocycles. The Morgan fingerprint density at radius 2 is 2.14 bits per heavy atom. The molecule has 0 spiro atoms. The maximum absolute atomic E-state index is 13.6. The number of hydrogen-bond acceptors (Lipinski definition) is 2. The van der Waals surface area contributed by atoms with Crippen LogP contribution in [0.25, 0.3) is 0 Å². The van der Waals surface area contributed by atoms with E-state index in [9.17, 15) is 13.6 Å². The minimum atomic E-state index is -0.781. The van der Waals surface area contributed by atoms with Gasteiger partial charge in [0.05, 0.1) is 11.8 Å². The molecule has 2 amide bonds. The highest BCUT2D eigenvalue weighted by Crippen LogP contribution is 2.54. The van der Waals surface area contributed by atoms with Crippen molar-refractivity contribution in [3.63, 3.8) is 0 Å². The molecule has 1 aromatic rings. The van der Waals surface area contributed by atoms with Crippen molar-refractivity contribution in [3.8, 4) is 0 Å². The molecule has 1 heterocycles. The molecule has 6 heteroatoms. The van der Waals surface area contributed by atoms with Gasteiger partial charge in [-0.2, -0.15) is 0 Å². The summed E-state index contributed by atoms with van der Waals surface area (Å²) < 4.78 is 32.3. The predicted molar refractivity (Wildman–Crippen MR) is 78.6 cm³/mol. The second-order valence-electron chi connectivity index (χ2n) is 6.68. The van der Waals surface area contributed by atoms with Crippen LogP contribution < -0.4 is 5.32 Å². The molecule has 22 heavy (non-hydrogen) atoms. The molecule has 1 aliphatic heterocycles. The van der Waals surface area contributed by atoms with Gasteiger partial charge in [0.15, 0.2) is 0 Å². The first-order chi connectivity index (χ1) is 10.3. The number of hydrogen-bond donors (Lipinski definition) is 1. The monoisotopic (exact) mass is 310 g/mol. The summed E-state index contributed by atoms with van der Waals surface area (Å²) in [6.07, 6.45) is 1.11. The van der Waals surface area contributed by atoms with Gasteiger partial charge >= 0.3 is 6.03 Å². The lowest BCUT2D eigenvalue weighted by Gasteiger charge is -2.57. The molecule has 1 aromatic carbocycles. The number of carbonyl (C=O) groups excluding carboxylic acids is 1. The zero-order valence-electron chi connectivity index (χ0n) is 12.9. The van der Waals surface area contributed by atoms with Gasteiger partial charge < -0.3 is 15.0 Å². The third-order valence-corrected chi connectivity index (χ3v) is 4.95. The largest absolute Gasteiger partial charge is 0.377 e. The van der Waals surface area contributed by atoms with Gasteiger partial charge in [-0.05, 0) is 18.6 Å². The lowest BCUT2D eigenvalue weighted by Crippen LogP contribution is -2.67. The van der Waals surface area contributed by atoms with Crippen LogP contribution in [-0.4, -0.2) is 36.7 Å². The van der Waals surface area contributed by atoms with Crippen LogP contribution in [0.1, 0.15) is 20.3 Å². The maximum Gasteiger partial charge on any atom is 0.321 e. The molecule has 0 aromatic heterocycles. The number of anilines is 1. The fourth-order valence-corrected chi connectivity index (χ4v) is 4.00. The van der Waals surface area contributed by atoms with Crippen molar-refractivity contribution in [1.82, 2.24) is 4.90 Å². The van der Waals surface area contributed by atoms with E-state index in [1.165, 1.54) is 6.07 Å². The minimum Gasteiger partial charge on any atom is -0.377 e. The molecule has 0 radical (unpaired) electrons. The number of rotatable bonds is 2. The molecule has 2 aliphatic rings. The van der Waals surface area contributed by atoms with Gasteiger partial charge in [-0.15, -0.1) is 0 Å². The molecule has 2 fully saturated rings. The van der Waals surface area contributed by atoms with Crippen molar-refractivity contribution in [1.29, 1.82) is 0 Å². The molecule has 0 bridgehead atoms. The van der Waals surface area contributed by atoms with E-state index >= 15 is 0 Å². The van der Waals surface area contributed by atoms with Crippen molar-refractivity contribution in [3.05, 3.63) is 29.8 Å². The fraction of sp³-hybridized carbons (Fsp3) is 0.562. The van der Waals surface area contributed by atoms with Gasteiger partial charge in [0.2, 0.25) is 0 Å². The normalized spacial score (nSPS) is 28.7. The fourth-order valence-electron chi connectivity index (χ4n) is 4.00. The molecular weight excluding hydrogens is 290 g/mol. The van der Waals surface area contributed by atoms with E-state index in [0.29, 0.717) is 5.92 Å². The average molecular weight is 310 g/mol. The standard InChI is InChI=1S/C16H20F2N2O2/c1-16(2)13(10-6-7-22-14(10)16)20(3)15(21)19-12-5-4-9(17)8-11(12)18/h4-5,8,10,13-14H,6-7H2,1-3H3,(H,19,21)/t10-,13+,14+/m0/s1. The van der Waals surface area contributed by atoms with Crippen LogP contribution in [0.3, 0.4) is 0 Å². The van der Waals surface area contributed by atoms with Crippen LogP contribution >= 0.6 is 0 Å². The molecule has 3 atom stereocenters. The van der Waals surface area contributed by atoms with Crippen molar-refractivity contribution in [2.75, 3.05) is 19.0 Å². The Bertz CT molecular complexity index is 606. The molecular formula is C16H20F2N2O2. The van der Waals surface area contributed by atoms with Gasteiger partial charge in [0.1, 0.15) is 11.6 Å². The molecule has 120 valence electrons. The van der Waals surface area contributed by atoms with Gasteiger partial charge in [0.25, 0.3) is 0 Å². The number of benzene rings is 1. The Labute approximate surface area is 128 Å². The Morgan fingerprint density at radius 3 is 2.82 bits per heavy atom. The lowest BCUT2D eigenvalue weighted by molar-refractivity contribution is -0.137. The SMILES string of the molecule is CN(C(=O)Nc1ccc(F)cc1F)[C@@H]1[C@@H]2CCO[C@H]2C1(C)C. The van der Waals surface area contributed by atoms with Crippen molar-refractivity contribution < 1.29 is 18.3 Å². The van der Waals surface area contributed by atoms with Crippen molar-refractivity contribution in [2.24, 2.45) is 11.3 Å². The average Bonchev–Trinajstić information content (AvgIpc) is 2.88. The summed E-state index contributed by atoms with van der Waals surface area (Å²) in [5.74, 6) is -1.13. The second-order valence-corrected chi connectivity index (χ2v) is 6.68. The third-order valence-electron chi connectivity index (χ3n) is 4.95. The summed E-state index contributed by atoms with van der Waals surface area (Å²) in [7, 11) is 1.71. The van der Waals surface area contributed by atoms with Crippen molar-refractivity contribution >= 4 is 11.7 Å². The van der Waals surface area contributed by atoms with Crippen LogP contribution in [0.15, 0.2) is 18.2 Å². The molecule has 4 nitrogen and oxygen atoms in total. The van der Waals surface area contributed by atoms with E-state index in [1.54, 1.807) is 11.9 Å². The Balaban J connectivity index is 1.72. The number of nitrogens with one attached hydrogen (secondary N) is 1. The Hall–Kier alpha value is -1.69. The highest BCUT2D eigenvalue weighted by molar-refractivity contribution is 5.89. The van der Waals surface area contributed by atoms with E-state index in [2.05, 4.69) is 19.2 Å². The van der Waals surface area contributed by atoms with Gasteiger partial charge in [-0.1, -0.05) is 13.8 Å². The summed E-state index contributed by atoms with van der Waals surface area (Å²) >= 11 is 0.